The van der Waals surface area contributed by atoms with Gasteiger partial charge < -0.3 is 10.2 Å². The van der Waals surface area contributed by atoms with Crippen molar-refractivity contribution in [3.05, 3.63) is 75.6 Å². The maximum Gasteiger partial charge on any atom is 0.275 e. The monoisotopic (exact) mass is 575 g/mol. The second-order valence-corrected chi connectivity index (χ2v) is 13.2. The molecule has 1 amide bonds. The number of H-pyrrole nitrogens is 1. The van der Waals surface area contributed by atoms with E-state index >= 15 is 0 Å². The van der Waals surface area contributed by atoms with Gasteiger partial charge in [0.1, 0.15) is 11.4 Å². The third kappa shape index (κ3) is 6.38. The van der Waals surface area contributed by atoms with Crippen molar-refractivity contribution in [2.75, 3.05) is 0 Å². The third-order valence-corrected chi connectivity index (χ3v) is 8.97. The molecule has 1 aromatic heterocycles. The van der Waals surface area contributed by atoms with Crippen LogP contribution in [0.25, 0.3) is 0 Å². The molecule has 2 aromatic carbocycles. The second kappa shape index (κ2) is 12.0. The standard InChI is InChI=1S/C32H42ClN7O/c1-6-7-27(23-10-8-22(9-11-23)19-34-20-28-36-38-39-37-28)40-30(41)29(24-16-21(2)17-26(33)18-24)35-32(40)14-12-25(13-15-32)31(3,4)5/h8-11,16-18,25,27,34H,6-7,12-15,19-20H2,1-5H3,(H,36,37,38,39). The van der Waals surface area contributed by atoms with E-state index in [-0.39, 0.29) is 17.4 Å². The van der Waals surface area contributed by atoms with Gasteiger partial charge in [0.2, 0.25) is 0 Å². The lowest BCUT2D eigenvalue weighted by atomic mass is 9.69. The van der Waals surface area contributed by atoms with Crippen molar-refractivity contribution in [2.24, 2.45) is 16.3 Å². The van der Waals surface area contributed by atoms with E-state index in [0.717, 1.165) is 60.8 Å². The molecule has 3 aromatic rings. The molecule has 9 heteroatoms. The van der Waals surface area contributed by atoms with Gasteiger partial charge >= 0.3 is 0 Å². The first-order valence-corrected chi connectivity index (χ1v) is 15.2. The highest BCUT2D eigenvalue weighted by molar-refractivity contribution is 6.47. The molecule has 218 valence electrons. The Hall–Kier alpha value is -3.10. The first-order valence-electron chi connectivity index (χ1n) is 14.8. The van der Waals surface area contributed by atoms with Crippen molar-refractivity contribution >= 4 is 23.2 Å². The number of aryl methyl sites for hydroxylation is 1. The fourth-order valence-corrected chi connectivity index (χ4v) is 6.85. The van der Waals surface area contributed by atoms with Gasteiger partial charge in [-0.05, 0) is 85.3 Å². The first-order chi connectivity index (χ1) is 19.6. The van der Waals surface area contributed by atoms with Crippen LogP contribution in [0.2, 0.25) is 5.02 Å². The van der Waals surface area contributed by atoms with Crippen LogP contribution in [0.1, 0.15) is 100 Å². The number of rotatable bonds is 9. The van der Waals surface area contributed by atoms with Gasteiger partial charge in [-0.1, -0.05) is 75.2 Å². The molecule has 0 saturated heterocycles. The predicted octanol–water partition coefficient (Wildman–Crippen LogP) is 6.56. The van der Waals surface area contributed by atoms with Crippen LogP contribution < -0.4 is 5.32 Å². The Morgan fingerprint density at radius 2 is 1.85 bits per heavy atom. The SMILES string of the molecule is CCCC(c1ccc(CNCc2nn[nH]n2)cc1)N1C(=O)C(c2cc(C)cc(Cl)c2)=NC12CCC(C(C)(C)C)CC2. The Kier molecular flexibility index (Phi) is 8.62. The van der Waals surface area contributed by atoms with E-state index < -0.39 is 5.66 Å². The fourth-order valence-electron chi connectivity index (χ4n) is 6.56. The zero-order chi connectivity index (χ0) is 29.2. The van der Waals surface area contributed by atoms with Crippen LogP contribution in [0.15, 0.2) is 47.5 Å². The minimum Gasteiger partial charge on any atom is -0.306 e. The van der Waals surface area contributed by atoms with E-state index in [1.807, 2.05) is 25.1 Å². The largest absolute Gasteiger partial charge is 0.306 e. The van der Waals surface area contributed by atoms with Crippen LogP contribution in [0, 0.1) is 18.3 Å². The van der Waals surface area contributed by atoms with Gasteiger partial charge in [0.15, 0.2) is 5.82 Å². The molecule has 2 N–H and O–H groups in total. The first kappa shape index (κ1) is 29.4. The van der Waals surface area contributed by atoms with Crippen molar-refractivity contribution in [2.45, 2.75) is 97.9 Å². The Morgan fingerprint density at radius 3 is 2.46 bits per heavy atom. The zero-order valence-electron chi connectivity index (χ0n) is 24.9. The van der Waals surface area contributed by atoms with E-state index in [1.54, 1.807) is 0 Å². The number of aromatic nitrogens is 4. The number of benzene rings is 2. The topological polar surface area (TPSA) is 99.2 Å². The maximum absolute atomic E-state index is 14.4. The number of carbonyl (C=O) groups excluding carboxylic acids is 1. The highest BCUT2D eigenvalue weighted by Gasteiger charge is 2.52. The van der Waals surface area contributed by atoms with Crippen LogP contribution in [0.3, 0.4) is 0 Å². The lowest BCUT2D eigenvalue weighted by molar-refractivity contribution is -0.133. The summed E-state index contributed by atoms with van der Waals surface area (Å²) < 4.78 is 0. The molecule has 1 unspecified atom stereocenters. The number of aromatic amines is 1. The summed E-state index contributed by atoms with van der Waals surface area (Å²) in [5.74, 6) is 1.26. The normalized spacial score (nSPS) is 21.9. The van der Waals surface area contributed by atoms with Crippen molar-refractivity contribution in [1.82, 2.24) is 30.8 Å². The molecule has 8 nitrogen and oxygen atoms in total. The molecular weight excluding hydrogens is 534 g/mol. The summed E-state index contributed by atoms with van der Waals surface area (Å²) in [6, 6.07) is 14.4. The molecule has 41 heavy (non-hydrogen) atoms. The molecule has 1 saturated carbocycles. The smallest absolute Gasteiger partial charge is 0.275 e. The summed E-state index contributed by atoms with van der Waals surface area (Å²) in [6.45, 7) is 12.4. The van der Waals surface area contributed by atoms with E-state index in [4.69, 9.17) is 16.6 Å². The Bertz CT molecular complexity index is 1350. The van der Waals surface area contributed by atoms with Gasteiger partial charge in [-0.3, -0.25) is 9.79 Å². The van der Waals surface area contributed by atoms with Crippen LogP contribution in [0.5, 0.6) is 0 Å². The highest BCUT2D eigenvalue weighted by Crippen LogP contribution is 2.50. The van der Waals surface area contributed by atoms with Gasteiger partial charge in [0.05, 0.1) is 12.6 Å². The number of nitrogens with zero attached hydrogens (tertiary/aromatic N) is 5. The number of nitrogens with one attached hydrogen (secondary N) is 2. The second-order valence-electron chi connectivity index (χ2n) is 12.8. The average molecular weight is 576 g/mol. The molecule has 1 fully saturated rings. The van der Waals surface area contributed by atoms with Gasteiger partial charge in [0.25, 0.3) is 5.91 Å². The highest BCUT2D eigenvalue weighted by atomic mass is 35.5. The van der Waals surface area contributed by atoms with Crippen molar-refractivity contribution in [3.8, 4) is 0 Å². The van der Waals surface area contributed by atoms with Crippen LogP contribution in [0.4, 0.5) is 0 Å². The molecule has 5 rings (SSSR count). The van der Waals surface area contributed by atoms with Crippen LogP contribution in [-0.2, 0) is 17.9 Å². The van der Waals surface area contributed by atoms with Crippen molar-refractivity contribution in [3.63, 3.8) is 0 Å². The predicted molar refractivity (Wildman–Crippen MR) is 163 cm³/mol. The van der Waals surface area contributed by atoms with E-state index in [1.165, 1.54) is 0 Å². The fraction of sp³-hybridized carbons (Fsp3) is 0.531. The Balaban J connectivity index is 1.44. The lowest BCUT2D eigenvalue weighted by Gasteiger charge is -2.47. The molecule has 2 heterocycles. The van der Waals surface area contributed by atoms with Crippen LogP contribution in [-0.4, -0.2) is 42.8 Å². The minimum absolute atomic E-state index is 0.0187. The Morgan fingerprint density at radius 1 is 1.12 bits per heavy atom. The summed E-state index contributed by atoms with van der Waals surface area (Å²) in [7, 11) is 0. The molecule has 1 aliphatic carbocycles. The van der Waals surface area contributed by atoms with E-state index in [9.17, 15) is 4.79 Å². The van der Waals surface area contributed by atoms with Gasteiger partial charge in [-0.2, -0.15) is 5.21 Å². The molecule has 1 spiro atoms. The summed E-state index contributed by atoms with van der Waals surface area (Å²) in [5, 5.41) is 18.0. The van der Waals surface area contributed by atoms with Crippen molar-refractivity contribution < 1.29 is 4.79 Å². The number of hydrogen-bond acceptors (Lipinski definition) is 6. The van der Waals surface area contributed by atoms with E-state index in [0.29, 0.717) is 35.6 Å². The van der Waals surface area contributed by atoms with Crippen LogP contribution >= 0.6 is 11.6 Å². The van der Waals surface area contributed by atoms with Gasteiger partial charge in [-0.25, -0.2) is 0 Å². The number of amides is 1. The van der Waals surface area contributed by atoms with Gasteiger partial charge in [0, 0.05) is 17.1 Å². The summed E-state index contributed by atoms with van der Waals surface area (Å²) in [5.41, 5.74) is 4.41. The quantitative estimate of drug-likeness (QED) is 0.301. The molecular formula is C32H42ClN7O. The molecule has 1 aliphatic heterocycles. The zero-order valence-corrected chi connectivity index (χ0v) is 25.6. The molecule has 0 radical (unpaired) electrons. The Labute approximate surface area is 248 Å². The number of halogens is 1. The lowest BCUT2D eigenvalue weighted by Crippen LogP contribution is -2.51. The van der Waals surface area contributed by atoms with Crippen molar-refractivity contribution in [1.29, 1.82) is 0 Å². The number of carbonyl (C=O) groups is 1. The molecule has 1 atom stereocenters. The molecule has 0 bridgehead atoms. The number of hydrogen-bond donors (Lipinski definition) is 2. The van der Waals surface area contributed by atoms with E-state index in [2.05, 4.69) is 82.8 Å². The average Bonchev–Trinajstić information content (AvgIpc) is 3.53. The van der Waals surface area contributed by atoms with Gasteiger partial charge in [-0.15, -0.1) is 10.2 Å². The summed E-state index contributed by atoms with van der Waals surface area (Å²) in [6.07, 6.45) is 5.72. The summed E-state index contributed by atoms with van der Waals surface area (Å²) in [4.78, 5) is 21.9. The third-order valence-electron chi connectivity index (χ3n) is 8.76. The number of tetrazole rings is 1. The summed E-state index contributed by atoms with van der Waals surface area (Å²) >= 11 is 6.45. The number of aliphatic imine (C=N–C) groups is 1. The maximum atomic E-state index is 14.4. The molecule has 2 aliphatic rings. The minimum atomic E-state index is -0.533.